The van der Waals surface area contributed by atoms with Gasteiger partial charge in [-0.25, -0.2) is 4.79 Å². The zero-order chi connectivity index (χ0) is 10.7. The number of hydrogen-bond donors (Lipinski definition) is 1. The Kier molecular flexibility index (Phi) is 3.03. The van der Waals surface area contributed by atoms with Gasteiger partial charge in [0.05, 0.1) is 7.11 Å². The first-order valence-electron chi connectivity index (χ1n) is 4.09. The molecule has 1 rings (SSSR count). The highest BCUT2D eigenvalue weighted by atomic mass is 16.5. The molecule has 5 nitrogen and oxygen atoms in total. The van der Waals surface area contributed by atoms with Crippen molar-refractivity contribution < 1.29 is 9.53 Å². The molecule has 0 fully saturated rings. The molecule has 0 atom stereocenters. The van der Waals surface area contributed by atoms with Crippen LogP contribution in [0.15, 0.2) is 16.9 Å². The van der Waals surface area contributed by atoms with Crippen LogP contribution in [-0.2, 0) is 18.3 Å². The van der Waals surface area contributed by atoms with E-state index < -0.39 is 5.97 Å². The van der Waals surface area contributed by atoms with Gasteiger partial charge in [-0.05, 0) is 12.1 Å². The lowest BCUT2D eigenvalue weighted by Crippen LogP contribution is -2.27. The summed E-state index contributed by atoms with van der Waals surface area (Å²) < 4.78 is 5.75. The lowest BCUT2D eigenvalue weighted by atomic mass is 10.2. The molecule has 0 aliphatic heterocycles. The molecule has 0 spiro atoms. The summed E-state index contributed by atoms with van der Waals surface area (Å²) in [4.78, 5) is 22.7. The van der Waals surface area contributed by atoms with E-state index in [1.807, 2.05) is 0 Å². The van der Waals surface area contributed by atoms with Crippen molar-refractivity contribution in [2.24, 2.45) is 12.8 Å². The first-order valence-corrected chi connectivity index (χ1v) is 4.09. The van der Waals surface area contributed by atoms with E-state index in [1.165, 1.54) is 30.9 Å². The minimum Gasteiger partial charge on any atom is -0.464 e. The second-order valence-electron chi connectivity index (χ2n) is 2.80. The Hall–Kier alpha value is -1.62. The third kappa shape index (κ3) is 1.67. The first-order chi connectivity index (χ1) is 6.61. The Morgan fingerprint density at radius 2 is 2.21 bits per heavy atom. The third-order valence-corrected chi connectivity index (χ3v) is 2.00. The molecule has 76 valence electrons. The van der Waals surface area contributed by atoms with Gasteiger partial charge in [-0.2, -0.15) is 0 Å². The van der Waals surface area contributed by atoms with E-state index in [0.29, 0.717) is 5.56 Å². The number of nitrogens with zero attached hydrogens (tertiary/aromatic N) is 1. The van der Waals surface area contributed by atoms with Crippen LogP contribution in [0.25, 0.3) is 0 Å². The number of carbonyl (C=O) groups excluding carboxylic acids is 1. The quantitative estimate of drug-likeness (QED) is 0.655. The van der Waals surface area contributed by atoms with Gasteiger partial charge in [-0.3, -0.25) is 4.79 Å². The van der Waals surface area contributed by atoms with Gasteiger partial charge in [0.1, 0.15) is 5.69 Å². The minimum absolute atomic E-state index is 0.161. The van der Waals surface area contributed by atoms with E-state index in [2.05, 4.69) is 4.74 Å². The van der Waals surface area contributed by atoms with Crippen molar-refractivity contribution in [2.45, 2.75) is 6.54 Å². The fraction of sp³-hybridized carbons (Fsp3) is 0.333. The van der Waals surface area contributed by atoms with Crippen LogP contribution in [0.2, 0.25) is 0 Å². The predicted octanol–water partition coefficient (Wildman–Crippen LogP) is -0.369. The molecule has 0 amide bonds. The lowest BCUT2D eigenvalue weighted by molar-refractivity contribution is 0.0588. The van der Waals surface area contributed by atoms with Crippen molar-refractivity contribution in [3.05, 3.63) is 33.7 Å². The lowest BCUT2D eigenvalue weighted by Gasteiger charge is -2.06. The van der Waals surface area contributed by atoms with Crippen molar-refractivity contribution in [3.63, 3.8) is 0 Å². The van der Waals surface area contributed by atoms with Crippen molar-refractivity contribution >= 4 is 5.97 Å². The summed E-state index contributed by atoms with van der Waals surface area (Å²) in [5, 5.41) is 0. The number of ether oxygens (including phenoxy) is 1. The number of nitrogens with two attached hydrogens (primary N) is 1. The first kappa shape index (κ1) is 10.5. The van der Waals surface area contributed by atoms with Crippen LogP contribution in [0.3, 0.4) is 0 Å². The summed E-state index contributed by atoms with van der Waals surface area (Å²) in [5.41, 5.74) is 5.77. The number of hydrogen-bond acceptors (Lipinski definition) is 4. The van der Waals surface area contributed by atoms with Crippen molar-refractivity contribution in [3.8, 4) is 0 Å². The van der Waals surface area contributed by atoms with Crippen molar-refractivity contribution in [2.75, 3.05) is 7.11 Å². The SMILES string of the molecule is COC(=O)c1ccc(CN)c(=O)n1C. The van der Waals surface area contributed by atoms with E-state index in [9.17, 15) is 9.59 Å². The fourth-order valence-corrected chi connectivity index (χ4v) is 1.15. The summed E-state index contributed by atoms with van der Waals surface area (Å²) in [7, 11) is 2.78. The second-order valence-corrected chi connectivity index (χ2v) is 2.80. The maximum Gasteiger partial charge on any atom is 0.354 e. The topological polar surface area (TPSA) is 74.3 Å². The molecule has 1 aromatic heterocycles. The van der Waals surface area contributed by atoms with E-state index in [4.69, 9.17) is 5.73 Å². The zero-order valence-corrected chi connectivity index (χ0v) is 8.11. The number of aromatic nitrogens is 1. The zero-order valence-electron chi connectivity index (χ0n) is 8.11. The number of rotatable bonds is 2. The molecule has 0 saturated heterocycles. The summed E-state index contributed by atoms with van der Waals surface area (Å²) >= 11 is 0. The van der Waals surface area contributed by atoms with Crippen molar-refractivity contribution in [1.29, 1.82) is 0 Å². The van der Waals surface area contributed by atoms with Crippen LogP contribution in [0.4, 0.5) is 0 Å². The van der Waals surface area contributed by atoms with Crippen LogP contribution in [-0.4, -0.2) is 17.6 Å². The maximum absolute atomic E-state index is 11.5. The highest BCUT2D eigenvalue weighted by Crippen LogP contribution is 1.99. The minimum atomic E-state index is -0.534. The van der Waals surface area contributed by atoms with Crippen LogP contribution in [0, 0.1) is 0 Å². The average Bonchev–Trinajstić information content (AvgIpc) is 2.21. The molecule has 1 heterocycles. The second kappa shape index (κ2) is 4.06. The van der Waals surface area contributed by atoms with E-state index in [0.717, 1.165) is 0 Å². The molecule has 1 aromatic rings. The fourth-order valence-electron chi connectivity index (χ4n) is 1.15. The van der Waals surface area contributed by atoms with Gasteiger partial charge in [-0.1, -0.05) is 0 Å². The maximum atomic E-state index is 11.5. The van der Waals surface area contributed by atoms with Gasteiger partial charge >= 0.3 is 5.97 Å². The molecule has 0 saturated carbocycles. The van der Waals surface area contributed by atoms with E-state index in [-0.39, 0.29) is 17.8 Å². The van der Waals surface area contributed by atoms with Crippen molar-refractivity contribution in [1.82, 2.24) is 4.57 Å². The molecule has 0 aliphatic carbocycles. The van der Waals surface area contributed by atoms with Gasteiger partial charge < -0.3 is 15.0 Å². The predicted molar refractivity (Wildman–Crippen MR) is 50.9 cm³/mol. The van der Waals surface area contributed by atoms with Gasteiger partial charge in [-0.15, -0.1) is 0 Å². The normalized spacial score (nSPS) is 9.93. The van der Waals surface area contributed by atoms with Crippen LogP contribution in [0.1, 0.15) is 16.1 Å². The summed E-state index contributed by atoms with van der Waals surface area (Å²) in [5.74, 6) is -0.534. The molecular weight excluding hydrogens is 184 g/mol. The van der Waals surface area contributed by atoms with Crippen LogP contribution < -0.4 is 11.3 Å². The van der Waals surface area contributed by atoms with E-state index >= 15 is 0 Å². The number of esters is 1. The Morgan fingerprint density at radius 1 is 1.57 bits per heavy atom. The van der Waals surface area contributed by atoms with Gasteiger partial charge in [0.25, 0.3) is 5.56 Å². The number of carbonyl (C=O) groups is 1. The summed E-state index contributed by atoms with van der Waals surface area (Å²) in [6.07, 6.45) is 0. The Bertz CT molecular complexity index is 409. The third-order valence-electron chi connectivity index (χ3n) is 2.00. The van der Waals surface area contributed by atoms with Gasteiger partial charge in [0.15, 0.2) is 0 Å². The Balaban J connectivity index is 3.31. The Morgan fingerprint density at radius 3 is 2.71 bits per heavy atom. The summed E-state index contributed by atoms with van der Waals surface area (Å²) in [6.45, 7) is 0.161. The average molecular weight is 196 g/mol. The highest BCUT2D eigenvalue weighted by Gasteiger charge is 2.11. The molecule has 0 radical (unpaired) electrons. The molecular formula is C9H12N2O3. The van der Waals surface area contributed by atoms with Crippen LogP contribution in [0.5, 0.6) is 0 Å². The number of methoxy groups -OCH3 is 1. The van der Waals surface area contributed by atoms with Gasteiger partial charge in [0.2, 0.25) is 0 Å². The van der Waals surface area contributed by atoms with Gasteiger partial charge in [0, 0.05) is 19.2 Å². The van der Waals surface area contributed by atoms with Crippen LogP contribution >= 0.6 is 0 Å². The molecule has 0 aromatic carbocycles. The highest BCUT2D eigenvalue weighted by molar-refractivity contribution is 5.87. The number of pyridine rings is 1. The molecule has 5 heteroatoms. The van der Waals surface area contributed by atoms with E-state index in [1.54, 1.807) is 0 Å². The standard InChI is InChI=1S/C9H12N2O3/c1-11-7(9(13)14-2)4-3-6(5-10)8(11)12/h3-4H,5,10H2,1-2H3. The molecule has 2 N–H and O–H groups in total. The molecule has 0 bridgehead atoms. The monoisotopic (exact) mass is 196 g/mol. The Labute approximate surface area is 81.1 Å². The smallest absolute Gasteiger partial charge is 0.354 e. The largest absolute Gasteiger partial charge is 0.464 e. The molecule has 0 aliphatic rings. The summed E-state index contributed by atoms with van der Waals surface area (Å²) in [6, 6.07) is 3.06. The molecule has 0 unspecified atom stereocenters. The molecule has 14 heavy (non-hydrogen) atoms.